The van der Waals surface area contributed by atoms with Gasteiger partial charge in [0.1, 0.15) is 6.10 Å². The number of hydrogen-bond donors (Lipinski definition) is 0. The fourth-order valence-electron chi connectivity index (χ4n) is 0.893. The van der Waals surface area contributed by atoms with Gasteiger partial charge in [-0.1, -0.05) is 0 Å². The van der Waals surface area contributed by atoms with Crippen molar-refractivity contribution in [2.45, 2.75) is 18.9 Å². The highest BCUT2D eigenvalue weighted by molar-refractivity contribution is 4.81. The Morgan fingerprint density at radius 3 is 3.22 bits per heavy atom. The molecular formula is C7H12O2. The molecule has 0 fully saturated rings. The van der Waals surface area contributed by atoms with Crippen molar-refractivity contribution in [3.63, 3.8) is 0 Å². The van der Waals surface area contributed by atoms with Gasteiger partial charge < -0.3 is 9.47 Å². The van der Waals surface area contributed by atoms with Crippen molar-refractivity contribution in [3.8, 4) is 0 Å². The van der Waals surface area contributed by atoms with Crippen molar-refractivity contribution in [1.82, 2.24) is 0 Å². The van der Waals surface area contributed by atoms with Gasteiger partial charge in [0.05, 0.1) is 12.9 Å². The minimum absolute atomic E-state index is 0.292. The van der Waals surface area contributed by atoms with E-state index in [4.69, 9.17) is 9.47 Å². The Bertz CT molecular complexity index is 99.1. The Labute approximate surface area is 55.5 Å². The molecule has 1 atom stereocenters. The van der Waals surface area contributed by atoms with Crippen LogP contribution in [0.4, 0.5) is 0 Å². The van der Waals surface area contributed by atoms with Crippen molar-refractivity contribution < 1.29 is 9.47 Å². The van der Waals surface area contributed by atoms with Gasteiger partial charge in [0, 0.05) is 7.11 Å². The Kier molecular flexibility index (Phi) is 2.58. The van der Waals surface area contributed by atoms with E-state index in [2.05, 4.69) is 0 Å². The molecule has 0 aromatic heterocycles. The second kappa shape index (κ2) is 3.51. The molecule has 2 heteroatoms. The molecule has 0 aromatic rings. The lowest BCUT2D eigenvalue weighted by atomic mass is 10.2. The second-order valence-electron chi connectivity index (χ2n) is 2.16. The van der Waals surface area contributed by atoms with Crippen molar-refractivity contribution in [2.75, 3.05) is 13.7 Å². The van der Waals surface area contributed by atoms with Crippen LogP contribution < -0.4 is 0 Å². The third kappa shape index (κ3) is 2.06. The van der Waals surface area contributed by atoms with E-state index in [-0.39, 0.29) is 0 Å². The molecule has 0 bridgehead atoms. The highest BCUT2D eigenvalue weighted by atomic mass is 16.5. The first-order valence-electron chi connectivity index (χ1n) is 3.23. The molecule has 0 saturated heterocycles. The third-order valence-corrected chi connectivity index (χ3v) is 1.38. The highest BCUT2D eigenvalue weighted by Gasteiger charge is 2.08. The molecular weight excluding hydrogens is 116 g/mol. The van der Waals surface area contributed by atoms with E-state index in [0.29, 0.717) is 12.7 Å². The maximum absolute atomic E-state index is 5.21. The van der Waals surface area contributed by atoms with Crippen LogP contribution in [-0.2, 0) is 9.47 Å². The molecule has 0 aliphatic carbocycles. The Morgan fingerprint density at radius 1 is 1.78 bits per heavy atom. The van der Waals surface area contributed by atoms with E-state index in [1.807, 2.05) is 6.08 Å². The van der Waals surface area contributed by atoms with Crippen LogP contribution >= 0.6 is 0 Å². The van der Waals surface area contributed by atoms with E-state index in [9.17, 15) is 0 Å². The summed E-state index contributed by atoms with van der Waals surface area (Å²) in [6, 6.07) is 0. The fourth-order valence-corrected chi connectivity index (χ4v) is 0.893. The van der Waals surface area contributed by atoms with Crippen LogP contribution in [0.25, 0.3) is 0 Å². The van der Waals surface area contributed by atoms with Crippen LogP contribution in [0, 0.1) is 0 Å². The molecule has 1 rings (SSSR count). The van der Waals surface area contributed by atoms with E-state index in [1.54, 1.807) is 13.4 Å². The summed E-state index contributed by atoms with van der Waals surface area (Å²) in [5.74, 6) is 0. The van der Waals surface area contributed by atoms with Crippen LogP contribution in [0.1, 0.15) is 12.8 Å². The zero-order chi connectivity index (χ0) is 6.53. The summed E-state index contributed by atoms with van der Waals surface area (Å²) in [6.07, 6.45) is 6.29. The van der Waals surface area contributed by atoms with Crippen molar-refractivity contribution >= 4 is 0 Å². The summed E-state index contributed by atoms with van der Waals surface area (Å²) >= 11 is 0. The average Bonchev–Trinajstić information content (AvgIpc) is 1.91. The lowest BCUT2D eigenvalue weighted by molar-refractivity contribution is 0.0401. The minimum Gasteiger partial charge on any atom is -0.496 e. The quantitative estimate of drug-likeness (QED) is 0.558. The predicted octanol–water partition coefficient (Wildman–Crippen LogP) is 1.33. The molecule has 0 saturated carbocycles. The van der Waals surface area contributed by atoms with Gasteiger partial charge in [-0.25, -0.2) is 0 Å². The smallest absolute Gasteiger partial charge is 0.121 e. The molecule has 2 nitrogen and oxygen atoms in total. The first-order chi connectivity index (χ1) is 4.43. The lowest BCUT2D eigenvalue weighted by Crippen LogP contribution is -2.18. The van der Waals surface area contributed by atoms with Crippen LogP contribution in [0.2, 0.25) is 0 Å². The van der Waals surface area contributed by atoms with Crippen molar-refractivity contribution in [3.05, 3.63) is 12.3 Å². The summed E-state index contributed by atoms with van der Waals surface area (Å²) in [7, 11) is 1.70. The molecule has 0 amide bonds. The largest absolute Gasteiger partial charge is 0.496 e. The zero-order valence-corrected chi connectivity index (χ0v) is 5.67. The second-order valence-corrected chi connectivity index (χ2v) is 2.16. The number of methoxy groups -OCH3 is 1. The molecule has 0 radical (unpaired) electrons. The summed E-state index contributed by atoms with van der Waals surface area (Å²) in [4.78, 5) is 0. The number of rotatable bonds is 2. The minimum atomic E-state index is 0.292. The van der Waals surface area contributed by atoms with Crippen LogP contribution in [0.3, 0.4) is 0 Å². The Morgan fingerprint density at radius 2 is 2.67 bits per heavy atom. The van der Waals surface area contributed by atoms with Crippen molar-refractivity contribution in [2.24, 2.45) is 0 Å². The van der Waals surface area contributed by atoms with E-state index < -0.39 is 0 Å². The van der Waals surface area contributed by atoms with Crippen LogP contribution in [0.15, 0.2) is 12.3 Å². The summed E-state index contributed by atoms with van der Waals surface area (Å²) in [6.45, 7) is 0.713. The number of allylic oxidation sites excluding steroid dienone is 1. The van der Waals surface area contributed by atoms with Gasteiger partial charge in [0.25, 0.3) is 0 Å². The Hall–Kier alpha value is -0.500. The molecule has 0 unspecified atom stereocenters. The van der Waals surface area contributed by atoms with Gasteiger partial charge in [-0.05, 0) is 18.9 Å². The monoisotopic (exact) mass is 128 g/mol. The zero-order valence-electron chi connectivity index (χ0n) is 5.67. The van der Waals surface area contributed by atoms with Crippen LogP contribution in [0.5, 0.6) is 0 Å². The van der Waals surface area contributed by atoms with Gasteiger partial charge in [-0.2, -0.15) is 0 Å². The topological polar surface area (TPSA) is 18.5 Å². The standard InChI is InChI=1S/C7H12O2/c1-8-6-7-4-2-3-5-9-7/h3,5,7H,2,4,6H2,1H3/t7-/m0/s1. The summed E-state index contributed by atoms with van der Waals surface area (Å²) < 4.78 is 10.1. The molecule has 1 aliphatic rings. The average molecular weight is 128 g/mol. The van der Waals surface area contributed by atoms with E-state index in [0.717, 1.165) is 12.8 Å². The molecule has 0 spiro atoms. The molecule has 0 aromatic carbocycles. The van der Waals surface area contributed by atoms with Crippen LogP contribution in [-0.4, -0.2) is 19.8 Å². The maximum atomic E-state index is 5.21. The maximum Gasteiger partial charge on any atom is 0.121 e. The normalized spacial score (nSPS) is 25.7. The number of ether oxygens (including phenoxy) is 2. The molecule has 1 aliphatic heterocycles. The molecule has 9 heavy (non-hydrogen) atoms. The lowest BCUT2D eigenvalue weighted by Gasteiger charge is -2.17. The highest BCUT2D eigenvalue weighted by Crippen LogP contribution is 2.09. The van der Waals surface area contributed by atoms with Gasteiger partial charge >= 0.3 is 0 Å². The van der Waals surface area contributed by atoms with E-state index in [1.165, 1.54) is 0 Å². The first-order valence-corrected chi connectivity index (χ1v) is 3.23. The first kappa shape index (κ1) is 6.62. The van der Waals surface area contributed by atoms with Gasteiger partial charge in [-0.3, -0.25) is 0 Å². The fraction of sp³-hybridized carbons (Fsp3) is 0.714. The van der Waals surface area contributed by atoms with Gasteiger partial charge in [-0.15, -0.1) is 0 Å². The Balaban J connectivity index is 2.18. The summed E-state index contributed by atoms with van der Waals surface area (Å²) in [5, 5.41) is 0. The van der Waals surface area contributed by atoms with Gasteiger partial charge in [0.2, 0.25) is 0 Å². The molecule has 1 heterocycles. The van der Waals surface area contributed by atoms with E-state index >= 15 is 0 Å². The third-order valence-electron chi connectivity index (χ3n) is 1.38. The van der Waals surface area contributed by atoms with Gasteiger partial charge in [0.15, 0.2) is 0 Å². The summed E-state index contributed by atoms with van der Waals surface area (Å²) in [5.41, 5.74) is 0. The predicted molar refractivity (Wildman–Crippen MR) is 35.1 cm³/mol. The molecule has 0 N–H and O–H groups in total. The number of hydrogen-bond acceptors (Lipinski definition) is 2. The molecule has 52 valence electrons. The SMILES string of the molecule is COC[C@@H]1CCC=CO1. The van der Waals surface area contributed by atoms with Crippen molar-refractivity contribution in [1.29, 1.82) is 0 Å².